The first-order valence-corrected chi connectivity index (χ1v) is 10.9. The van der Waals surface area contributed by atoms with Gasteiger partial charge < -0.3 is 6.53 Å². The molecule has 32 heavy (non-hydrogen) atoms. The molecular formula is C16H13N4NaO9S2. The first kappa shape index (κ1) is 25.6. The van der Waals surface area contributed by atoms with Crippen LogP contribution in [0.25, 0.3) is 5.69 Å². The Hall–Kier alpha value is -2.66. The van der Waals surface area contributed by atoms with Crippen LogP contribution in [-0.2, 0) is 20.2 Å². The first-order chi connectivity index (χ1) is 14.4. The summed E-state index contributed by atoms with van der Waals surface area (Å²) < 4.78 is 63.1. The number of hydrogen-bond acceptors (Lipinski definition) is 8. The molecule has 1 aromatic heterocycles. The van der Waals surface area contributed by atoms with Crippen LogP contribution in [0.15, 0.2) is 73.3 Å². The number of carboxylic acids is 1. The molecular weight excluding hydrogens is 479 g/mol. The van der Waals surface area contributed by atoms with Crippen LogP contribution in [0, 0.1) is 0 Å². The Bertz CT molecular complexity index is 1460. The minimum Gasteiger partial charge on any atom is -1.00 e. The molecule has 0 aliphatic rings. The van der Waals surface area contributed by atoms with E-state index in [0.717, 1.165) is 41.1 Å². The van der Waals surface area contributed by atoms with Crippen molar-refractivity contribution in [2.45, 2.75) is 9.79 Å². The van der Waals surface area contributed by atoms with Gasteiger partial charge in [-0.25, -0.2) is 9.48 Å². The van der Waals surface area contributed by atoms with Crippen LogP contribution < -0.4 is 35.1 Å². The van der Waals surface area contributed by atoms with E-state index >= 15 is 0 Å². The summed E-state index contributed by atoms with van der Waals surface area (Å²) in [6, 6.07) is 8.75. The number of benzene rings is 2. The Morgan fingerprint density at radius 1 is 0.875 bits per heavy atom. The Labute approximate surface area is 203 Å². The fraction of sp³-hybridized carbons (Fsp3) is 0. The second kappa shape index (κ2) is 9.45. The second-order valence-electron chi connectivity index (χ2n) is 5.92. The number of nitrogens with zero attached hydrogens (tertiary/aromatic N) is 3. The minimum atomic E-state index is -4.46. The molecule has 0 fully saturated rings. The van der Waals surface area contributed by atoms with Crippen molar-refractivity contribution in [3.8, 4) is 5.69 Å². The Kier molecular flexibility index (Phi) is 7.56. The van der Waals surface area contributed by atoms with Crippen LogP contribution in [0.3, 0.4) is 0 Å². The average molecular weight is 492 g/mol. The molecule has 0 amide bonds. The minimum absolute atomic E-state index is 0. The molecule has 0 saturated carbocycles. The molecule has 0 radical (unpaired) electrons. The Balaban J connectivity index is 0.00000272. The molecule has 0 spiro atoms. The molecule has 4 N–H and O–H groups in total. The van der Waals surface area contributed by atoms with Gasteiger partial charge in [-0.1, -0.05) is 0 Å². The summed E-state index contributed by atoms with van der Waals surface area (Å²) in [5.74, 6) is -1.53. The zero-order valence-electron chi connectivity index (χ0n) is 17.1. The van der Waals surface area contributed by atoms with E-state index in [1.807, 2.05) is 0 Å². The van der Waals surface area contributed by atoms with Gasteiger partial charge in [0, 0.05) is 0 Å². The van der Waals surface area contributed by atoms with Crippen molar-refractivity contribution in [3.63, 3.8) is 0 Å². The summed E-state index contributed by atoms with van der Waals surface area (Å²) in [6.45, 7) is 0. The van der Waals surface area contributed by atoms with Crippen LogP contribution in [0.4, 0.5) is 11.4 Å². The quantitative estimate of drug-likeness (QED) is 0.186. The van der Waals surface area contributed by atoms with Crippen LogP contribution in [0.2, 0.25) is 0 Å². The molecule has 0 bridgehead atoms. The molecule has 0 unspecified atom stereocenters. The van der Waals surface area contributed by atoms with Crippen LogP contribution in [0.5, 0.6) is 0 Å². The molecule has 0 aliphatic carbocycles. The summed E-state index contributed by atoms with van der Waals surface area (Å²) in [7, 11) is -8.87. The summed E-state index contributed by atoms with van der Waals surface area (Å²) in [5, 5.41) is 19.0. The van der Waals surface area contributed by atoms with E-state index in [4.69, 9.17) is 9.11 Å². The van der Waals surface area contributed by atoms with E-state index in [1.54, 1.807) is 0 Å². The van der Waals surface area contributed by atoms with Crippen LogP contribution in [0.1, 0.15) is 11.9 Å². The van der Waals surface area contributed by atoms with Crippen molar-refractivity contribution in [3.05, 3.63) is 64.6 Å². The van der Waals surface area contributed by atoms with Crippen LogP contribution in [-0.4, -0.2) is 46.8 Å². The van der Waals surface area contributed by atoms with Crippen molar-refractivity contribution >= 4 is 37.6 Å². The molecule has 164 valence electrons. The van der Waals surface area contributed by atoms with Gasteiger partial charge in [0.25, 0.3) is 25.8 Å². The van der Waals surface area contributed by atoms with Crippen molar-refractivity contribution in [2.24, 2.45) is 10.2 Å². The van der Waals surface area contributed by atoms with E-state index in [2.05, 4.69) is 15.3 Å². The molecule has 2 aromatic carbocycles. The van der Waals surface area contributed by atoms with Crippen molar-refractivity contribution < 1.29 is 66.8 Å². The van der Waals surface area contributed by atoms with Gasteiger partial charge in [0.15, 0.2) is 11.4 Å². The third kappa shape index (κ3) is 5.57. The number of rotatable bonds is 6. The normalized spacial score (nSPS) is 11.9. The third-order valence-corrected chi connectivity index (χ3v) is 5.61. The number of azo groups is 1. The summed E-state index contributed by atoms with van der Waals surface area (Å²) in [6.07, 6.45) is 0. The maximum atomic E-state index is 12.6. The van der Waals surface area contributed by atoms with Gasteiger partial charge >= 0.3 is 35.5 Å². The van der Waals surface area contributed by atoms with E-state index in [0.29, 0.717) is 0 Å². The number of aromatic nitrogens is 2. The number of carbonyl (C=O) groups is 1. The topological polar surface area (TPSA) is 209 Å². The predicted molar refractivity (Wildman–Crippen MR) is 105 cm³/mol. The van der Waals surface area contributed by atoms with Crippen molar-refractivity contribution in [1.29, 1.82) is 0 Å². The zero-order chi connectivity index (χ0) is 23.0. The molecule has 3 aromatic rings. The van der Waals surface area contributed by atoms with E-state index in [-0.39, 0.29) is 42.4 Å². The van der Waals surface area contributed by atoms with Gasteiger partial charge in [0.2, 0.25) is 0 Å². The zero-order valence-corrected chi connectivity index (χ0v) is 19.7. The monoisotopic (exact) mass is 492 g/mol. The Morgan fingerprint density at radius 3 is 1.78 bits per heavy atom. The van der Waals surface area contributed by atoms with E-state index in [1.165, 1.54) is 12.1 Å². The average Bonchev–Trinajstić information content (AvgIpc) is 3.02. The second-order valence-corrected chi connectivity index (χ2v) is 8.76. The maximum Gasteiger partial charge on any atom is 1.00 e. The number of aromatic amines is 1. The fourth-order valence-corrected chi connectivity index (χ4v) is 3.37. The summed E-state index contributed by atoms with van der Waals surface area (Å²) >= 11 is 0. The molecule has 1 heterocycles. The Morgan fingerprint density at radius 2 is 1.34 bits per heavy atom. The molecule has 0 aliphatic heterocycles. The van der Waals surface area contributed by atoms with Crippen LogP contribution >= 0.6 is 0 Å². The number of aromatic carboxylic acids is 1. The van der Waals surface area contributed by atoms with E-state index < -0.39 is 52.9 Å². The van der Waals surface area contributed by atoms with E-state index in [9.17, 15) is 31.5 Å². The van der Waals surface area contributed by atoms with Gasteiger partial charge in [0.05, 0.1) is 21.2 Å². The first-order valence-electron chi connectivity index (χ1n) is 8.03. The molecule has 3 rings (SSSR count). The number of H-pyrrole nitrogens is 1. The number of nitrogens with one attached hydrogen (secondary N) is 1. The van der Waals surface area contributed by atoms with Crippen molar-refractivity contribution in [2.75, 3.05) is 0 Å². The van der Waals surface area contributed by atoms with Crippen molar-refractivity contribution in [1.82, 2.24) is 9.78 Å². The third-order valence-electron chi connectivity index (χ3n) is 3.87. The molecule has 16 heteroatoms. The van der Waals surface area contributed by atoms with Gasteiger partial charge in [-0.3, -0.25) is 19.0 Å². The van der Waals surface area contributed by atoms with Gasteiger partial charge in [0.1, 0.15) is 0 Å². The smallest absolute Gasteiger partial charge is 1.00 e. The van der Waals surface area contributed by atoms with Gasteiger partial charge in [-0.2, -0.15) is 21.9 Å². The molecule has 13 nitrogen and oxygen atoms in total. The SMILES string of the molecule is O=C(O)c1[nH]n(-c2ccc(S(=O)(=O)O)cc2)c(=O)c1N=Nc1ccc(S(=O)(=O)O)cc1.[H-].[Na+]. The number of hydrogen-bond donors (Lipinski definition) is 4. The summed E-state index contributed by atoms with van der Waals surface area (Å²) in [4.78, 5) is 23.3. The largest absolute Gasteiger partial charge is 1.00 e. The van der Waals surface area contributed by atoms with Gasteiger partial charge in [-0.05, 0) is 48.5 Å². The standard InChI is InChI=1S/C16H12N4O9S2.Na.H/c21-15-13(18-17-9-1-5-11(6-2-9)30(24,25)26)14(16(22)23)19-20(15)10-3-7-12(8-4-10)31(27,28)29;;/h1-8,19H,(H,22,23)(H,24,25,26)(H,27,28,29);;/q;+1;-1. The maximum absolute atomic E-state index is 12.6. The number of carboxylic acid groups (broad SMARTS) is 1. The molecule has 0 atom stereocenters. The van der Waals surface area contributed by atoms with Gasteiger partial charge in [-0.15, -0.1) is 5.11 Å². The fourth-order valence-electron chi connectivity index (χ4n) is 2.41. The summed E-state index contributed by atoms with van der Waals surface area (Å²) in [5.41, 5.74) is -1.99. The molecule has 0 saturated heterocycles. The predicted octanol–water partition coefficient (Wildman–Crippen LogP) is -1.11.